The Labute approximate surface area is 258 Å². The Kier molecular flexibility index (Phi) is 26.6. The van der Waals surface area contributed by atoms with Gasteiger partial charge in [0.15, 0.2) is 11.2 Å². The molecule has 0 fully saturated rings. The number of carbonyl (C=O) groups excluding carboxylic acids is 5. The summed E-state index contributed by atoms with van der Waals surface area (Å²) in [5.74, 6) is -1.26. The van der Waals surface area contributed by atoms with E-state index in [1.807, 2.05) is 19.0 Å². The third kappa shape index (κ3) is 25.7. The number of thioether (sulfide) groups is 1. The fraction of sp³-hybridized carbons (Fsp3) is 0.844. The van der Waals surface area contributed by atoms with E-state index in [1.165, 1.54) is 11.8 Å². The van der Waals surface area contributed by atoms with E-state index in [4.69, 9.17) is 14.2 Å². The van der Waals surface area contributed by atoms with E-state index in [9.17, 15) is 24.0 Å². The van der Waals surface area contributed by atoms with Crippen LogP contribution >= 0.6 is 11.8 Å². The summed E-state index contributed by atoms with van der Waals surface area (Å²) in [6.45, 7) is 4.71. The average Bonchev–Trinajstić information content (AvgIpc) is 2.95. The molecule has 1 atom stereocenters. The van der Waals surface area contributed by atoms with Gasteiger partial charge in [0.05, 0.1) is 0 Å². The van der Waals surface area contributed by atoms with Gasteiger partial charge in [0.1, 0.15) is 19.5 Å². The van der Waals surface area contributed by atoms with E-state index in [0.29, 0.717) is 38.5 Å². The minimum atomic E-state index is -0.903. The lowest BCUT2D eigenvalue weighted by Gasteiger charge is -2.19. The molecule has 0 aliphatic rings. The van der Waals surface area contributed by atoms with E-state index in [-0.39, 0.29) is 41.9 Å². The topological polar surface area (TPSA) is 116 Å². The number of unbranched alkanes of at least 4 members (excludes halogenated alkanes) is 8. The molecule has 0 spiro atoms. The van der Waals surface area contributed by atoms with Crippen molar-refractivity contribution in [2.75, 3.05) is 33.9 Å². The fourth-order valence-corrected chi connectivity index (χ4v) is 5.33. The summed E-state index contributed by atoms with van der Waals surface area (Å²) in [6, 6.07) is 0. The monoisotopic (exact) mass is 615 g/mol. The summed E-state index contributed by atoms with van der Waals surface area (Å²) >= 11 is 1.19. The number of aldehydes is 1. The van der Waals surface area contributed by atoms with Crippen LogP contribution in [0.15, 0.2) is 0 Å². The van der Waals surface area contributed by atoms with Crippen LogP contribution in [0.1, 0.15) is 129 Å². The molecule has 0 aromatic rings. The van der Waals surface area contributed by atoms with Gasteiger partial charge >= 0.3 is 17.9 Å². The molecule has 0 saturated heterocycles. The number of ether oxygens (including phenoxy) is 3. The van der Waals surface area contributed by atoms with Crippen LogP contribution < -0.4 is 0 Å². The summed E-state index contributed by atoms with van der Waals surface area (Å²) < 4.78 is 16.3. The third-order valence-electron chi connectivity index (χ3n) is 6.69. The van der Waals surface area contributed by atoms with E-state index in [2.05, 4.69) is 13.8 Å². The second kappa shape index (κ2) is 27.9. The SMILES string of the molecule is CCCCCCCC(=O)OCC(COC(=O)CCCCCCC)OC(=O)CCC(CCC=O)SC(=O)CCCN(C)C. The molecule has 10 heteroatoms. The molecule has 1 unspecified atom stereocenters. The van der Waals surface area contributed by atoms with Crippen LogP contribution in [0.5, 0.6) is 0 Å². The maximum absolute atomic E-state index is 12.7. The van der Waals surface area contributed by atoms with Crippen LogP contribution in [0.3, 0.4) is 0 Å². The van der Waals surface area contributed by atoms with Gasteiger partial charge in [-0.25, -0.2) is 0 Å². The molecule has 0 rings (SSSR count). The summed E-state index contributed by atoms with van der Waals surface area (Å²) in [4.78, 5) is 62.5. The molecular weight excluding hydrogens is 558 g/mol. The molecule has 0 aromatic heterocycles. The molecule has 0 saturated carbocycles. The largest absolute Gasteiger partial charge is 0.462 e. The van der Waals surface area contributed by atoms with E-state index < -0.39 is 12.1 Å². The van der Waals surface area contributed by atoms with Gasteiger partial charge in [-0.1, -0.05) is 77.0 Å². The third-order valence-corrected chi connectivity index (χ3v) is 7.96. The minimum absolute atomic E-state index is 0.0365. The van der Waals surface area contributed by atoms with Gasteiger partial charge in [-0.2, -0.15) is 0 Å². The predicted octanol–water partition coefficient (Wildman–Crippen LogP) is 6.44. The van der Waals surface area contributed by atoms with Crippen LogP contribution in [-0.4, -0.2) is 79.4 Å². The second-order valence-corrected chi connectivity index (χ2v) is 12.5. The zero-order chi connectivity index (χ0) is 31.4. The summed E-state index contributed by atoms with van der Waals surface area (Å²) in [6.07, 6.45) is 13.0. The predicted molar refractivity (Wildman–Crippen MR) is 167 cm³/mol. The molecule has 0 aromatic carbocycles. The Morgan fingerprint density at radius 1 is 0.690 bits per heavy atom. The maximum atomic E-state index is 12.7. The lowest BCUT2D eigenvalue weighted by Crippen LogP contribution is -2.31. The highest BCUT2D eigenvalue weighted by Crippen LogP contribution is 2.24. The highest BCUT2D eigenvalue weighted by molar-refractivity contribution is 8.14. The smallest absolute Gasteiger partial charge is 0.306 e. The number of esters is 3. The number of nitrogens with zero attached hydrogens (tertiary/aromatic N) is 1. The maximum Gasteiger partial charge on any atom is 0.306 e. The van der Waals surface area contributed by atoms with Gasteiger partial charge in [0.25, 0.3) is 0 Å². The van der Waals surface area contributed by atoms with E-state index in [0.717, 1.165) is 83.5 Å². The first-order chi connectivity index (χ1) is 20.2. The van der Waals surface area contributed by atoms with E-state index >= 15 is 0 Å². The van der Waals surface area contributed by atoms with Crippen molar-refractivity contribution in [3.8, 4) is 0 Å². The highest BCUT2D eigenvalue weighted by atomic mass is 32.2. The molecule has 0 N–H and O–H groups in total. The first-order valence-corrected chi connectivity index (χ1v) is 16.9. The Morgan fingerprint density at radius 3 is 1.74 bits per heavy atom. The van der Waals surface area contributed by atoms with Gasteiger partial charge in [0.2, 0.25) is 0 Å². The molecule has 9 nitrogen and oxygen atoms in total. The van der Waals surface area contributed by atoms with Gasteiger partial charge in [0, 0.05) is 37.4 Å². The van der Waals surface area contributed by atoms with Crippen molar-refractivity contribution in [2.24, 2.45) is 0 Å². The van der Waals surface area contributed by atoms with E-state index in [1.54, 1.807) is 0 Å². The number of carbonyl (C=O) groups is 5. The van der Waals surface area contributed by atoms with Gasteiger partial charge in [-0.05, 0) is 52.7 Å². The normalized spacial score (nSPS) is 11.9. The molecule has 0 bridgehead atoms. The zero-order valence-corrected chi connectivity index (χ0v) is 27.5. The molecule has 0 amide bonds. The van der Waals surface area contributed by atoms with Crippen LogP contribution in [0.2, 0.25) is 0 Å². The van der Waals surface area contributed by atoms with Crippen LogP contribution in [-0.2, 0) is 38.2 Å². The van der Waals surface area contributed by atoms with Crippen molar-refractivity contribution in [3.63, 3.8) is 0 Å². The van der Waals surface area contributed by atoms with Crippen LogP contribution in [0, 0.1) is 0 Å². The Bertz CT molecular complexity index is 716. The van der Waals surface area contributed by atoms with Gasteiger partial charge in [-0.15, -0.1) is 0 Å². The van der Waals surface area contributed by atoms with Crippen molar-refractivity contribution in [1.82, 2.24) is 4.90 Å². The summed E-state index contributed by atoms with van der Waals surface area (Å²) in [7, 11) is 3.91. The number of hydrogen-bond donors (Lipinski definition) is 0. The molecule has 42 heavy (non-hydrogen) atoms. The number of hydrogen-bond acceptors (Lipinski definition) is 10. The second-order valence-electron chi connectivity index (χ2n) is 11.1. The highest BCUT2D eigenvalue weighted by Gasteiger charge is 2.22. The molecule has 244 valence electrons. The molecule has 0 aliphatic carbocycles. The van der Waals surface area contributed by atoms with Crippen molar-refractivity contribution < 1.29 is 38.2 Å². The Morgan fingerprint density at radius 2 is 1.24 bits per heavy atom. The fourth-order valence-electron chi connectivity index (χ4n) is 4.20. The average molecular weight is 616 g/mol. The van der Waals surface area contributed by atoms with Crippen molar-refractivity contribution in [2.45, 2.75) is 141 Å². The van der Waals surface area contributed by atoms with Gasteiger partial charge < -0.3 is 23.9 Å². The van der Waals surface area contributed by atoms with Crippen LogP contribution in [0.4, 0.5) is 0 Å². The summed E-state index contributed by atoms with van der Waals surface area (Å²) in [5, 5.41) is -0.133. The lowest BCUT2D eigenvalue weighted by molar-refractivity contribution is -0.167. The molecule has 0 aliphatic heterocycles. The standard InChI is InChI=1S/C32H57NO8S/c1-5-7-9-11-13-18-29(35)39-25-27(26-40-30(36)19-14-12-10-8-6-2)41-31(37)22-21-28(17-16-24-34)42-32(38)20-15-23-33(3)4/h24,27-28H,5-23,25-26H2,1-4H3. The van der Waals surface area contributed by atoms with Crippen molar-refractivity contribution in [3.05, 3.63) is 0 Å². The zero-order valence-electron chi connectivity index (χ0n) is 26.7. The van der Waals surface area contributed by atoms with Crippen LogP contribution in [0.25, 0.3) is 0 Å². The molecule has 0 heterocycles. The van der Waals surface area contributed by atoms with Crippen molar-refractivity contribution >= 4 is 41.1 Å². The lowest BCUT2D eigenvalue weighted by atomic mass is 10.1. The van der Waals surface area contributed by atoms with Gasteiger partial charge in [-0.3, -0.25) is 19.2 Å². The first kappa shape index (κ1) is 40.1. The molecule has 0 radical (unpaired) electrons. The quantitative estimate of drug-likeness (QED) is 0.0422. The Balaban J connectivity index is 4.88. The summed E-state index contributed by atoms with van der Waals surface area (Å²) in [5.41, 5.74) is 0. The molecular formula is C32H57NO8S. The minimum Gasteiger partial charge on any atom is -0.462 e. The van der Waals surface area contributed by atoms with Crippen molar-refractivity contribution in [1.29, 1.82) is 0 Å². The Hall–Kier alpha value is -1.94. The number of rotatable bonds is 28. The first-order valence-electron chi connectivity index (χ1n) is 16.0.